The molecule has 0 aliphatic heterocycles. The summed E-state index contributed by atoms with van der Waals surface area (Å²) in [6.07, 6.45) is 5.24. The molecule has 0 saturated carbocycles. The Labute approximate surface area is 146 Å². The number of hydrogen-bond donors (Lipinski definition) is 2. The predicted molar refractivity (Wildman–Crippen MR) is 100 cm³/mol. The van der Waals surface area contributed by atoms with Crippen LogP contribution >= 0.6 is 11.3 Å². The van der Waals surface area contributed by atoms with E-state index in [1.807, 2.05) is 42.0 Å². The molecule has 0 atom stereocenters. The molecular weight excluding hydrogens is 332 g/mol. The summed E-state index contributed by atoms with van der Waals surface area (Å²) in [4.78, 5) is 13.2. The van der Waals surface area contributed by atoms with Crippen LogP contribution in [0.4, 0.5) is 11.5 Å². The predicted octanol–water partition coefficient (Wildman–Crippen LogP) is 4.37. The third-order valence-electron chi connectivity index (χ3n) is 4.06. The molecule has 120 valence electrons. The zero-order valence-corrected chi connectivity index (χ0v) is 13.8. The monoisotopic (exact) mass is 344 g/mol. The van der Waals surface area contributed by atoms with Crippen LogP contribution in [0.25, 0.3) is 32.2 Å². The smallest absolute Gasteiger partial charge is 0.141 e. The quantitative estimate of drug-likeness (QED) is 0.508. The van der Waals surface area contributed by atoms with Crippen LogP contribution in [0, 0.1) is 0 Å². The molecule has 0 aliphatic rings. The molecule has 0 unspecified atom stereocenters. The number of aromatic amines is 1. The molecule has 0 amide bonds. The fourth-order valence-corrected chi connectivity index (χ4v) is 3.48. The molecular formula is C18H12N6S. The molecule has 0 fully saturated rings. The van der Waals surface area contributed by atoms with Gasteiger partial charge in [-0.3, -0.25) is 5.10 Å². The molecule has 7 heteroatoms. The summed E-state index contributed by atoms with van der Waals surface area (Å²) in [5.74, 6) is 0.776. The van der Waals surface area contributed by atoms with Crippen LogP contribution in [0.3, 0.4) is 0 Å². The van der Waals surface area contributed by atoms with Gasteiger partial charge in [0.2, 0.25) is 0 Å². The van der Waals surface area contributed by atoms with E-state index in [2.05, 4.69) is 36.5 Å². The first kappa shape index (κ1) is 14.1. The van der Waals surface area contributed by atoms with E-state index in [0.29, 0.717) is 0 Å². The maximum atomic E-state index is 4.40. The second-order valence-electron chi connectivity index (χ2n) is 5.60. The number of thiazole rings is 1. The van der Waals surface area contributed by atoms with Gasteiger partial charge in [-0.2, -0.15) is 5.10 Å². The van der Waals surface area contributed by atoms with Crippen LogP contribution in [0.5, 0.6) is 0 Å². The average Bonchev–Trinajstić information content (AvgIpc) is 3.33. The molecule has 6 nitrogen and oxygen atoms in total. The third-order valence-corrected chi connectivity index (χ3v) is 4.87. The van der Waals surface area contributed by atoms with Crippen molar-refractivity contribution in [2.75, 3.05) is 5.32 Å². The molecule has 3 heterocycles. The Morgan fingerprint density at radius 2 is 1.92 bits per heavy atom. The molecule has 5 aromatic rings. The number of hydrogen-bond acceptors (Lipinski definition) is 6. The molecule has 5 rings (SSSR count). The highest BCUT2D eigenvalue weighted by atomic mass is 32.1. The highest BCUT2D eigenvalue weighted by Gasteiger charge is 2.07. The van der Waals surface area contributed by atoms with Crippen molar-refractivity contribution in [1.29, 1.82) is 0 Å². The second kappa shape index (κ2) is 5.64. The molecule has 0 bridgehead atoms. The number of fused-ring (bicyclic) bond motifs is 2. The van der Waals surface area contributed by atoms with Gasteiger partial charge >= 0.3 is 0 Å². The van der Waals surface area contributed by atoms with E-state index in [0.717, 1.165) is 39.1 Å². The van der Waals surface area contributed by atoms with Crippen LogP contribution in [-0.4, -0.2) is 25.1 Å². The van der Waals surface area contributed by atoms with Crippen molar-refractivity contribution in [1.82, 2.24) is 25.1 Å². The molecule has 0 saturated heterocycles. The Hall–Kier alpha value is -3.32. The highest BCUT2D eigenvalue weighted by Crippen LogP contribution is 2.29. The first-order valence-corrected chi connectivity index (χ1v) is 8.59. The molecule has 3 aromatic heterocycles. The number of nitrogens with zero attached hydrogens (tertiary/aromatic N) is 4. The van der Waals surface area contributed by atoms with E-state index >= 15 is 0 Å². The van der Waals surface area contributed by atoms with Crippen LogP contribution in [-0.2, 0) is 0 Å². The van der Waals surface area contributed by atoms with E-state index < -0.39 is 0 Å². The van der Waals surface area contributed by atoms with Crippen LogP contribution < -0.4 is 5.32 Å². The minimum Gasteiger partial charge on any atom is -0.340 e. The molecule has 0 radical (unpaired) electrons. The summed E-state index contributed by atoms with van der Waals surface area (Å²) < 4.78 is 1.17. The number of H-pyrrole nitrogens is 1. The summed E-state index contributed by atoms with van der Waals surface area (Å²) in [5.41, 5.74) is 6.77. The van der Waals surface area contributed by atoms with Gasteiger partial charge in [0.15, 0.2) is 0 Å². The first-order valence-electron chi connectivity index (χ1n) is 7.71. The van der Waals surface area contributed by atoms with Gasteiger partial charge in [-0.15, -0.1) is 11.3 Å². The van der Waals surface area contributed by atoms with E-state index in [-0.39, 0.29) is 0 Å². The third kappa shape index (κ3) is 2.50. The average molecular weight is 344 g/mol. The van der Waals surface area contributed by atoms with Crippen LogP contribution in [0.2, 0.25) is 0 Å². The SMILES string of the molecule is c1nc(Nc2ccc3scnc3c2)c2ccc(-c3cn[nH]c3)cc2n1. The van der Waals surface area contributed by atoms with Gasteiger partial charge in [0.05, 0.1) is 27.4 Å². The number of aromatic nitrogens is 5. The fraction of sp³-hybridized carbons (Fsp3) is 0. The normalized spacial score (nSPS) is 11.2. The molecule has 2 N–H and O–H groups in total. The van der Waals surface area contributed by atoms with Gasteiger partial charge in [-0.05, 0) is 35.9 Å². The van der Waals surface area contributed by atoms with Crippen molar-refractivity contribution < 1.29 is 0 Å². The molecule has 0 aliphatic carbocycles. The zero-order valence-electron chi connectivity index (χ0n) is 13.0. The van der Waals surface area contributed by atoms with Crippen molar-refractivity contribution in [3.05, 3.63) is 60.6 Å². The lowest BCUT2D eigenvalue weighted by atomic mass is 10.1. The van der Waals surface area contributed by atoms with Crippen molar-refractivity contribution in [3.8, 4) is 11.1 Å². The lowest BCUT2D eigenvalue weighted by Crippen LogP contribution is -1.96. The summed E-state index contributed by atoms with van der Waals surface area (Å²) >= 11 is 1.63. The number of nitrogens with one attached hydrogen (secondary N) is 2. The van der Waals surface area contributed by atoms with Gasteiger partial charge in [0, 0.05) is 22.8 Å². The van der Waals surface area contributed by atoms with Gasteiger partial charge in [0.1, 0.15) is 12.1 Å². The Bertz CT molecular complexity index is 1180. The number of rotatable bonds is 3. The minimum absolute atomic E-state index is 0.776. The van der Waals surface area contributed by atoms with Crippen molar-refractivity contribution in [2.24, 2.45) is 0 Å². The molecule has 25 heavy (non-hydrogen) atoms. The standard InChI is InChI=1S/C18H12N6S/c1-3-14-15(5-11(1)12-7-22-23-8-12)19-9-20-18(14)24-13-2-4-17-16(6-13)21-10-25-17/h1-10H,(H,22,23)(H,19,20,24). The zero-order chi connectivity index (χ0) is 16.6. The minimum atomic E-state index is 0.776. The number of benzene rings is 2. The summed E-state index contributed by atoms with van der Waals surface area (Å²) in [6.45, 7) is 0. The Morgan fingerprint density at radius 3 is 2.84 bits per heavy atom. The Morgan fingerprint density at radius 1 is 0.920 bits per heavy atom. The van der Waals surface area contributed by atoms with E-state index in [1.165, 1.54) is 4.70 Å². The van der Waals surface area contributed by atoms with Gasteiger partial charge in [0.25, 0.3) is 0 Å². The Kier molecular flexibility index (Phi) is 3.17. The molecule has 2 aromatic carbocycles. The van der Waals surface area contributed by atoms with Crippen molar-refractivity contribution in [2.45, 2.75) is 0 Å². The van der Waals surface area contributed by atoms with Gasteiger partial charge in [-0.25, -0.2) is 15.0 Å². The largest absolute Gasteiger partial charge is 0.340 e. The lowest BCUT2D eigenvalue weighted by Gasteiger charge is -2.09. The topological polar surface area (TPSA) is 79.4 Å². The fourth-order valence-electron chi connectivity index (χ4n) is 2.82. The van der Waals surface area contributed by atoms with E-state index in [9.17, 15) is 0 Å². The van der Waals surface area contributed by atoms with E-state index in [1.54, 1.807) is 23.9 Å². The highest BCUT2D eigenvalue weighted by molar-refractivity contribution is 7.16. The lowest BCUT2D eigenvalue weighted by molar-refractivity contribution is 1.09. The summed E-state index contributed by atoms with van der Waals surface area (Å²) in [7, 11) is 0. The maximum Gasteiger partial charge on any atom is 0.141 e. The van der Waals surface area contributed by atoms with Crippen LogP contribution in [0.15, 0.2) is 60.6 Å². The van der Waals surface area contributed by atoms with Crippen LogP contribution in [0.1, 0.15) is 0 Å². The summed E-state index contributed by atoms with van der Waals surface area (Å²) in [5, 5.41) is 11.2. The second-order valence-corrected chi connectivity index (χ2v) is 6.49. The van der Waals surface area contributed by atoms with E-state index in [4.69, 9.17) is 0 Å². The number of anilines is 2. The van der Waals surface area contributed by atoms with Crippen molar-refractivity contribution in [3.63, 3.8) is 0 Å². The van der Waals surface area contributed by atoms with Crippen molar-refractivity contribution >= 4 is 44.0 Å². The van der Waals surface area contributed by atoms with Gasteiger partial charge < -0.3 is 5.32 Å². The Balaban J connectivity index is 1.56. The summed E-state index contributed by atoms with van der Waals surface area (Å²) in [6, 6.07) is 12.2. The van der Waals surface area contributed by atoms with Gasteiger partial charge in [-0.1, -0.05) is 6.07 Å². The first-order chi connectivity index (χ1) is 12.4. The maximum absolute atomic E-state index is 4.40. The molecule has 0 spiro atoms.